The molecule has 2 aromatic rings. The van der Waals surface area contributed by atoms with Crippen molar-refractivity contribution in [1.82, 2.24) is 9.97 Å². The Morgan fingerprint density at radius 3 is 3.00 bits per heavy atom. The van der Waals surface area contributed by atoms with E-state index >= 15 is 0 Å². The predicted octanol–water partition coefficient (Wildman–Crippen LogP) is 2.90. The molecule has 0 N–H and O–H groups in total. The maximum absolute atomic E-state index is 11.0. The van der Waals surface area contributed by atoms with E-state index in [4.69, 9.17) is 0 Å². The molecule has 0 saturated carbocycles. The van der Waals surface area contributed by atoms with Gasteiger partial charge in [0.05, 0.1) is 10.5 Å². The topological polar surface area (TPSA) is 92.7 Å². The highest BCUT2D eigenvalue weighted by Crippen LogP contribution is 2.35. The molecule has 2 aromatic heterocycles. The van der Waals surface area contributed by atoms with Crippen LogP contribution in [0.1, 0.15) is 23.2 Å². The molecule has 21 heavy (non-hydrogen) atoms. The van der Waals surface area contributed by atoms with Crippen LogP contribution in [0.2, 0.25) is 0 Å². The van der Waals surface area contributed by atoms with Crippen molar-refractivity contribution in [2.24, 2.45) is 0 Å². The molecule has 2 heterocycles. The lowest BCUT2D eigenvalue weighted by atomic mass is 10.2. The third-order valence-electron chi connectivity index (χ3n) is 3.28. The highest BCUT2D eigenvalue weighted by atomic mass is 32.2. The zero-order valence-electron chi connectivity index (χ0n) is 10.9. The van der Waals surface area contributed by atoms with Gasteiger partial charge in [-0.2, -0.15) is 5.26 Å². The lowest BCUT2D eigenvalue weighted by molar-refractivity contribution is -0.388. The molecule has 0 atom stereocenters. The van der Waals surface area contributed by atoms with Crippen molar-refractivity contribution < 1.29 is 4.92 Å². The van der Waals surface area contributed by atoms with Gasteiger partial charge in [-0.15, -0.1) is 0 Å². The number of nitro groups is 1. The van der Waals surface area contributed by atoms with Crippen LogP contribution in [0, 0.1) is 21.4 Å². The van der Waals surface area contributed by atoms with Crippen LogP contribution in [0.15, 0.2) is 34.4 Å². The average molecular weight is 298 g/mol. The van der Waals surface area contributed by atoms with Gasteiger partial charge in [0.2, 0.25) is 0 Å². The van der Waals surface area contributed by atoms with Gasteiger partial charge in [-0.05, 0) is 48.7 Å². The number of nitriles is 1. The molecule has 0 bridgehead atoms. The minimum atomic E-state index is -0.477. The first-order chi connectivity index (χ1) is 10.2. The summed E-state index contributed by atoms with van der Waals surface area (Å²) in [5.41, 5.74) is 2.45. The number of hydrogen-bond donors (Lipinski definition) is 0. The Hall–Kier alpha value is -2.46. The normalized spacial score (nSPS) is 12.7. The second kappa shape index (κ2) is 5.50. The van der Waals surface area contributed by atoms with Gasteiger partial charge >= 0.3 is 5.69 Å². The fourth-order valence-electron chi connectivity index (χ4n) is 2.30. The van der Waals surface area contributed by atoms with Crippen molar-refractivity contribution in [1.29, 1.82) is 5.26 Å². The Labute approximate surface area is 125 Å². The molecule has 0 radical (unpaired) electrons. The third kappa shape index (κ3) is 2.58. The molecule has 104 valence electrons. The highest BCUT2D eigenvalue weighted by molar-refractivity contribution is 7.99. The van der Waals surface area contributed by atoms with Gasteiger partial charge in [0.15, 0.2) is 5.03 Å². The van der Waals surface area contributed by atoms with Gasteiger partial charge in [0.1, 0.15) is 11.1 Å². The Morgan fingerprint density at radius 2 is 2.24 bits per heavy atom. The molecule has 0 aromatic carbocycles. The average Bonchev–Trinajstić information content (AvgIpc) is 2.94. The quantitative estimate of drug-likeness (QED) is 0.639. The number of rotatable bonds is 3. The number of nitrogens with zero attached hydrogens (tertiary/aromatic N) is 4. The summed E-state index contributed by atoms with van der Waals surface area (Å²) in [6, 6.07) is 6.87. The van der Waals surface area contributed by atoms with Crippen LogP contribution in [0.3, 0.4) is 0 Å². The summed E-state index contributed by atoms with van der Waals surface area (Å²) in [4.78, 5) is 19.1. The van der Waals surface area contributed by atoms with Crippen molar-refractivity contribution in [2.75, 3.05) is 0 Å². The smallest absolute Gasteiger partial charge is 0.258 e. The van der Waals surface area contributed by atoms with Crippen molar-refractivity contribution >= 4 is 17.4 Å². The minimum Gasteiger partial charge on any atom is -0.258 e. The number of pyridine rings is 2. The molecule has 0 fully saturated rings. The van der Waals surface area contributed by atoms with Crippen LogP contribution in [-0.4, -0.2) is 14.9 Å². The highest BCUT2D eigenvalue weighted by Gasteiger charge is 2.21. The summed E-state index contributed by atoms with van der Waals surface area (Å²) in [7, 11) is 0. The standard InChI is InChI=1S/C14H10N4O2S/c15-8-10-7-9-3-1-4-11(9)17-13(10)21-14-12(18(19)20)5-2-6-16-14/h2,5-7H,1,3-4H2. The molecule has 0 saturated heterocycles. The molecular formula is C14H10N4O2S. The summed E-state index contributed by atoms with van der Waals surface area (Å²) in [6.45, 7) is 0. The zero-order chi connectivity index (χ0) is 14.8. The number of fused-ring (bicyclic) bond motifs is 1. The summed E-state index contributed by atoms with van der Waals surface area (Å²) in [6.07, 6.45) is 4.35. The van der Waals surface area contributed by atoms with E-state index in [1.807, 2.05) is 6.07 Å². The molecule has 0 spiro atoms. The van der Waals surface area contributed by atoms with Gasteiger partial charge in [-0.1, -0.05) is 0 Å². The maximum atomic E-state index is 11.0. The van der Waals surface area contributed by atoms with Crippen LogP contribution in [0.4, 0.5) is 5.69 Å². The summed E-state index contributed by atoms with van der Waals surface area (Å²) >= 11 is 1.07. The van der Waals surface area contributed by atoms with Crippen molar-refractivity contribution in [3.05, 3.63) is 51.3 Å². The predicted molar refractivity (Wildman–Crippen MR) is 76.0 cm³/mol. The second-order valence-corrected chi connectivity index (χ2v) is 5.58. The summed E-state index contributed by atoms with van der Waals surface area (Å²) in [5, 5.41) is 21.0. The first-order valence-corrected chi connectivity index (χ1v) is 7.21. The maximum Gasteiger partial charge on any atom is 0.301 e. The van der Waals surface area contributed by atoms with Crippen molar-refractivity contribution in [3.8, 4) is 6.07 Å². The van der Waals surface area contributed by atoms with Crippen LogP contribution in [-0.2, 0) is 12.8 Å². The van der Waals surface area contributed by atoms with Crippen LogP contribution in [0.25, 0.3) is 0 Å². The van der Waals surface area contributed by atoms with Gasteiger partial charge in [0.25, 0.3) is 0 Å². The molecule has 6 nitrogen and oxygen atoms in total. The first-order valence-electron chi connectivity index (χ1n) is 6.39. The Morgan fingerprint density at radius 1 is 1.38 bits per heavy atom. The number of aryl methyl sites for hydroxylation is 2. The van der Waals surface area contributed by atoms with E-state index in [0.29, 0.717) is 10.6 Å². The molecule has 0 aliphatic heterocycles. The Balaban J connectivity index is 2.03. The van der Waals surface area contributed by atoms with E-state index in [1.165, 1.54) is 18.3 Å². The lowest BCUT2D eigenvalue weighted by Crippen LogP contribution is -1.97. The summed E-state index contributed by atoms with van der Waals surface area (Å²) in [5.74, 6) is 0. The summed E-state index contributed by atoms with van der Waals surface area (Å²) < 4.78 is 0. The van der Waals surface area contributed by atoms with E-state index in [1.54, 1.807) is 0 Å². The van der Waals surface area contributed by atoms with E-state index in [9.17, 15) is 15.4 Å². The molecule has 1 aliphatic carbocycles. The van der Waals surface area contributed by atoms with Gasteiger partial charge in [-0.25, -0.2) is 9.97 Å². The molecular weight excluding hydrogens is 288 g/mol. The van der Waals surface area contributed by atoms with Gasteiger partial charge in [-0.3, -0.25) is 10.1 Å². The molecule has 1 aliphatic rings. The van der Waals surface area contributed by atoms with E-state index in [-0.39, 0.29) is 10.7 Å². The van der Waals surface area contributed by atoms with Gasteiger partial charge < -0.3 is 0 Å². The second-order valence-electron chi connectivity index (χ2n) is 4.60. The third-order valence-corrected chi connectivity index (χ3v) is 4.29. The molecule has 0 unspecified atom stereocenters. The van der Waals surface area contributed by atoms with Crippen LogP contribution < -0.4 is 0 Å². The zero-order valence-corrected chi connectivity index (χ0v) is 11.8. The van der Waals surface area contributed by atoms with Crippen LogP contribution in [0.5, 0.6) is 0 Å². The largest absolute Gasteiger partial charge is 0.301 e. The molecule has 7 heteroatoms. The van der Waals surface area contributed by atoms with Crippen LogP contribution >= 0.6 is 11.8 Å². The number of aromatic nitrogens is 2. The molecule has 0 amide bonds. The van der Waals surface area contributed by atoms with Gasteiger partial charge in [0, 0.05) is 18.0 Å². The van der Waals surface area contributed by atoms with E-state index in [2.05, 4.69) is 16.0 Å². The molecule has 3 rings (SSSR count). The SMILES string of the molecule is N#Cc1cc2c(nc1Sc1ncccc1[N+](=O)[O-])CCC2. The minimum absolute atomic E-state index is 0.0753. The Kier molecular flexibility index (Phi) is 3.54. The first kappa shape index (κ1) is 13.5. The van der Waals surface area contributed by atoms with E-state index < -0.39 is 4.92 Å². The monoisotopic (exact) mass is 298 g/mol. The van der Waals surface area contributed by atoms with Crippen molar-refractivity contribution in [3.63, 3.8) is 0 Å². The number of hydrogen-bond acceptors (Lipinski definition) is 6. The Bertz CT molecular complexity index is 770. The fraction of sp³-hybridized carbons (Fsp3) is 0.214. The fourth-order valence-corrected chi connectivity index (χ4v) is 3.22. The van der Waals surface area contributed by atoms with E-state index in [0.717, 1.165) is 42.3 Å². The lowest BCUT2D eigenvalue weighted by Gasteiger charge is -2.06. The van der Waals surface area contributed by atoms with Crippen molar-refractivity contribution in [2.45, 2.75) is 29.3 Å².